The maximum atomic E-state index is 14.4. The van der Waals surface area contributed by atoms with E-state index in [1.165, 1.54) is 6.07 Å². The molecule has 0 saturated carbocycles. The molecule has 0 amide bonds. The summed E-state index contributed by atoms with van der Waals surface area (Å²) in [7, 11) is 0. The molecule has 0 bridgehead atoms. The molecule has 2 aromatic heterocycles. The third-order valence-corrected chi connectivity index (χ3v) is 16.0. The highest BCUT2D eigenvalue weighted by molar-refractivity contribution is 6.14. The van der Waals surface area contributed by atoms with E-state index in [4.69, 9.17) is 0 Å². The SMILES string of the molecule is Cc1ccccc1-c1ccc2c(c1)c1cc(-c3ccccc3C)ccc1n2-c1ccc(-c2ccc(C(F)(F)F)cc2C#N)c(-c2cc(C#N)ccc2-n2c3ccc(-c4ccccc4C)cc3c3cc(-c4ccccc4C)ccc32)c1. The zero-order valence-electron chi connectivity index (χ0n) is 44.3. The minimum Gasteiger partial charge on any atom is -0.309 e. The van der Waals surface area contributed by atoms with E-state index < -0.39 is 11.7 Å². The summed E-state index contributed by atoms with van der Waals surface area (Å²) in [5.41, 5.74) is 20.2. The molecule has 0 saturated heterocycles. The Balaban J connectivity index is 1.11. The Morgan fingerprint density at radius 2 is 0.750 bits per heavy atom. The molecule has 0 aliphatic heterocycles. The predicted octanol–water partition coefficient (Wildman–Crippen LogP) is 19.9. The van der Waals surface area contributed by atoms with Crippen LogP contribution < -0.4 is 0 Å². The van der Waals surface area contributed by atoms with Crippen molar-refractivity contribution in [2.24, 2.45) is 0 Å². The monoisotopic (exact) mass is 1040 g/mol. The summed E-state index contributed by atoms with van der Waals surface area (Å²) in [6, 6.07) is 79.2. The van der Waals surface area contributed by atoms with Crippen molar-refractivity contribution < 1.29 is 13.2 Å². The molecule has 0 atom stereocenters. The van der Waals surface area contributed by atoms with Crippen LogP contribution in [0.1, 0.15) is 38.9 Å². The normalized spacial score (nSPS) is 11.7. The molecule has 0 spiro atoms. The van der Waals surface area contributed by atoms with Crippen molar-refractivity contribution in [1.82, 2.24) is 9.13 Å². The molecule has 0 unspecified atom stereocenters. The number of benzene rings is 11. The maximum Gasteiger partial charge on any atom is 0.416 e. The highest BCUT2D eigenvalue weighted by Crippen LogP contribution is 2.46. The fraction of sp³-hybridized carbons (Fsp3) is 0.0685. The smallest absolute Gasteiger partial charge is 0.309 e. The maximum absolute atomic E-state index is 14.4. The number of halogens is 3. The second-order valence-corrected chi connectivity index (χ2v) is 20.8. The van der Waals surface area contributed by atoms with Crippen LogP contribution in [-0.4, -0.2) is 9.13 Å². The van der Waals surface area contributed by atoms with Crippen LogP contribution in [0.25, 0.3) is 122 Å². The van der Waals surface area contributed by atoms with E-state index in [1.807, 2.05) is 54.6 Å². The Morgan fingerprint density at radius 3 is 1.15 bits per heavy atom. The highest BCUT2D eigenvalue weighted by atomic mass is 19.4. The van der Waals surface area contributed by atoms with Gasteiger partial charge in [-0.2, -0.15) is 23.7 Å². The molecule has 11 aromatic carbocycles. The second kappa shape index (κ2) is 19.4. The van der Waals surface area contributed by atoms with Crippen LogP contribution in [0, 0.1) is 50.4 Å². The van der Waals surface area contributed by atoms with Gasteiger partial charge in [-0.1, -0.05) is 133 Å². The number of fused-ring (bicyclic) bond motifs is 6. The lowest BCUT2D eigenvalue weighted by Crippen LogP contribution is -2.06. The lowest BCUT2D eigenvalue weighted by Gasteiger charge is -2.20. The number of nitrogens with zero attached hydrogens (tertiary/aromatic N) is 4. The predicted molar refractivity (Wildman–Crippen MR) is 321 cm³/mol. The third kappa shape index (κ3) is 8.31. The fourth-order valence-electron chi connectivity index (χ4n) is 12.0. The Morgan fingerprint density at radius 1 is 0.338 bits per heavy atom. The zero-order valence-corrected chi connectivity index (χ0v) is 44.3. The van der Waals surface area contributed by atoms with Gasteiger partial charge in [0.25, 0.3) is 0 Å². The standard InChI is InChI=1S/C73H49F3N4/c1-44-13-5-9-17-56(44)49-22-31-68-64(37-49)65-38-50(57-18-10-6-14-45(57)2)23-32-69(65)79(68)55-27-29-61(60-28-26-54(73(74,75)76)36-53(60)43-78)62(41-55)63-35-48(42-77)21-30-70(63)80-71-33-24-51(58-19-11-7-15-46(58)3)39-66(71)67-40-52(25-34-72(67)80)59-20-12-8-16-47(59)4/h5-41H,1-4H3. The summed E-state index contributed by atoms with van der Waals surface area (Å²) in [5, 5.41) is 25.6. The molecule has 0 N–H and O–H groups in total. The second-order valence-electron chi connectivity index (χ2n) is 20.8. The molecule has 13 rings (SSSR count). The molecule has 13 aromatic rings. The highest BCUT2D eigenvalue weighted by Gasteiger charge is 2.32. The molecular formula is C73H49F3N4. The van der Waals surface area contributed by atoms with Crippen molar-refractivity contribution >= 4 is 43.6 Å². The van der Waals surface area contributed by atoms with Gasteiger partial charge >= 0.3 is 6.18 Å². The summed E-state index contributed by atoms with van der Waals surface area (Å²) in [6.45, 7) is 8.48. The van der Waals surface area contributed by atoms with Crippen molar-refractivity contribution in [2.75, 3.05) is 0 Å². The van der Waals surface area contributed by atoms with E-state index >= 15 is 0 Å². The molecule has 0 fully saturated rings. The van der Waals surface area contributed by atoms with Gasteiger partial charge in [-0.25, -0.2) is 0 Å². The topological polar surface area (TPSA) is 57.4 Å². The molecule has 382 valence electrons. The van der Waals surface area contributed by atoms with Gasteiger partial charge < -0.3 is 9.13 Å². The van der Waals surface area contributed by atoms with Crippen LogP contribution in [-0.2, 0) is 6.18 Å². The number of aryl methyl sites for hydroxylation is 4. The Kier molecular flexibility index (Phi) is 11.9. The first-order valence-electron chi connectivity index (χ1n) is 26.6. The van der Waals surface area contributed by atoms with Gasteiger partial charge in [0, 0.05) is 38.4 Å². The first-order chi connectivity index (χ1) is 38.9. The number of rotatable bonds is 8. The first-order valence-corrected chi connectivity index (χ1v) is 26.6. The van der Waals surface area contributed by atoms with Crippen LogP contribution >= 0.6 is 0 Å². The number of alkyl halides is 3. The van der Waals surface area contributed by atoms with E-state index in [9.17, 15) is 23.7 Å². The Bertz CT molecular complexity index is 4580. The average molecular weight is 1040 g/mol. The van der Waals surface area contributed by atoms with E-state index in [-0.39, 0.29) is 5.56 Å². The van der Waals surface area contributed by atoms with Crippen molar-refractivity contribution in [2.45, 2.75) is 33.9 Å². The first kappa shape index (κ1) is 49.4. The molecule has 0 aliphatic carbocycles. The van der Waals surface area contributed by atoms with Crippen LogP contribution in [0.5, 0.6) is 0 Å². The lowest BCUT2D eigenvalue weighted by atomic mass is 9.89. The molecule has 0 radical (unpaired) electrons. The summed E-state index contributed by atoms with van der Waals surface area (Å²) < 4.78 is 47.7. The summed E-state index contributed by atoms with van der Waals surface area (Å²) in [5.74, 6) is 0. The van der Waals surface area contributed by atoms with Gasteiger partial charge in [-0.05, 0) is 197 Å². The molecule has 4 nitrogen and oxygen atoms in total. The largest absolute Gasteiger partial charge is 0.416 e. The molecule has 7 heteroatoms. The van der Waals surface area contributed by atoms with Gasteiger partial charge in [0.15, 0.2) is 0 Å². The van der Waals surface area contributed by atoms with Crippen LogP contribution in [0.4, 0.5) is 13.2 Å². The lowest BCUT2D eigenvalue weighted by molar-refractivity contribution is -0.137. The summed E-state index contributed by atoms with van der Waals surface area (Å²) in [6.07, 6.45) is -4.67. The number of aromatic nitrogens is 2. The molecule has 80 heavy (non-hydrogen) atoms. The van der Waals surface area contributed by atoms with Gasteiger partial charge in [0.2, 0.25) is 0 Å². The average Bonchev–Trinajstić information content (AvgIpc) is 4.22. The van der Waals surface area contributed by atoms with Gasteiger partial charge in [0.1, 0.15) is 0 Å². The van der Waals surface area contributed by atoms with Crippen molar-refractivity contribution in [1.29, 1.82) is 10.5 Å². The van der Waals surface area contributed by atoms with Crippen molar-refractivity contribution in [3.05, 3.63) is 263 Å². The van der Waals surface area contributed by atoms with Crippen LogP contribution in [0.2, 0.25) is 0 Å². The summed E-state index contributed by atoms with van der Waals surface area (Å²) >= 11 is 0. The Labute approximate surface area is 461 Å². The number of hydrogen-bond acceptors (Lipinski definition) is 2. The van der Waals surface area contributed by atoms with E-state index in [1.54, 1.807) is 0 Å². The Hall–Kier alpha value is -10.2. The molecule has 2 heterocycles. The van der Waals surface area contributed by atoms with Crippen LogP contribution in [0.3, 0.4) is 0 Å². The van der Waals surface area contributed by atoms with E-state index in [0.717, 1.165) is 134 Å². The minimum atomic E-state index is -4.67. The quantitative estimate of drug-likeness (QED) is 0.152. The number of nitriles is 2. The minimum absolute atomic E-state index is 0.125. The molecular weight excluding hydrogens is 990 g/mol. The van der Waals surface area contributed by atoms with Crippen LogP contribution in [0.15, 0.2) is 224 Å². The zero-order chi connectivity index (χ0) is 55.0. The summed E-state index contributed by atoms with van der Waals surface area (Å²) in [4.78, 5) is 0. The van der Waals surface area contributed by atoms with E-state index in [0.29, 0.717) is 27.8 Å². The van der Waals surface area contributed by atoms with Gasteiger partial charge in [-0.3, -0.25) is 0 Å². The van der Waals surface area contributed by atoms with E-state index in [2.05, 4.69) is 201 Å². The van der Waals surface area contributed by atoms with Crippen molar-refractivity contribution in [3.63, 3.8) is 0 Å². The van der Waals surface area contributed by atoms with Gasteiger partial charge in [0.05, 0.1) is 56.6 Å². The number of hydrogen-bond donors (Lipinski definition) is 0. The van der Waals surface area contributed by atoms with Gasteiger partial charge in [-0.15, -0.1) is 0 Å². The molecule has 0 aliphatic rings. The third-order valence-electron chi connectivity index (χ3n) is 16.0. The van der Waals surface area contributed by atoms with Crippen molar-refractivity contribution in [3.8, 4) is 90.3 Å². The fourth-order valence-corrected chi connectivity index (χ4v) is 12.0.